The minimum absolute atomic E-state index is 0. The summed E-state index contributed by atoms with van der Waals surface area (Å²) in [5.74, 6) is 0. The van der Waals surface area contributed by atoms with Gasteiger partial charge in [-0.05, 0) is 63.3 Å². The van der Waals surface area contributed by atoms with Crippen molar-refractivity contribution in [3.05, 3.63) is 139 Å². The third-order valence-corrected chi connectivity index (χ3v) is 7.95. The van der Waals surface area contributed by atoms with Crippen LogP contribution in [0, 0.1) is 19.1 Å². The van der Waals surface area contributed by atoms with Gasteiger partial charge in [-0.15, -0.1) is 65.0 Å². The first-order chi connectivity index (χ1) is 20.4. The first-order valence-corrected chi connectivity index (χ1v) is 14.3. The summed E-state index contributed by atoms with van der Waals surface area (Å²) >= 11 is 0. The number of benzene rings is 5. The van der Waals surface area contributed by atoms with E-state index in [0.29, 0.717) is 0 Å². The molecule has 0 fully saturated rings. The molecular weight excluding hydrogens is 703 g/mol. The molecule has 5 aromatic carbocycles. The standard InChI is InChI=1S/C24H15N2.C15H16N.Ir/c1-15-10-11-17-18-8-5-9-20-22(18)23-21(12-13-25-24(23)19(17)14-15)26(20)16-6-3-2-4-7-16;1-15(2,3)13-9-10-16-14(11-13)12-7-5-4-6-8-12;/h2-13H,1H3;4-7,9-11H,1-3H3;/q2*-1;. The first kappa shape index (κ1) is 28.7. The van der Waals surface area contributed by atoms with Gasteiger partial charge in [0.15, 0.2) is 0 Å². The molecule has 43 heavy (non-hydrogen) atoms. The second-order valence-electron chi connectivity index (χ2n) is 11.8. The maximum atomic E-state index is 4.76. The number of para-hydroxylation sites is 1. The molecule has 0 aliphatic rings. The quantitative estimate of drug-likeness (QED) is 0.131. The number of pyridine rings is 2. The van der Waals surface area contributed by atoms with Gasteiger partial charge in [0.05, 0.1) is 5.52 Å². The van der Waals surface area contributed by atoms with Crippen molar-refractivity contribution in [3.8, 4) is 16.9 Å². The van der Waals surface area contributed by atoms with Crippen LogP contribution in [-0.2, 0) is 25.5 Å². The van der Waals surface area contributed by atoms with E-state index in [-0.39, 0.29) is 25.5 Å². The van der Waals surface area contributed by atoms with Crippen molar-refractivity contribution in [2.45, 2.75) is 33.1 Å². The fourth-order valence-corrected chi connectivity index (χ4v) is 5.88. The van der Waals surface area contributed by atoms with E-state index in [1.165, 1.54) is 43.8 Å². The van der Waals surface area contributed by atoms with Crippen LogP contribution in [0.2, 0.25) is 0 Å². The average Bonchev–Trinajstić information content (AvgIpc) is 3.37. The predicted octanol–water partition coefficient (Wildman–Crippen LogP) is 9.88. The summed E-state index contributed by atoms with van der Waals surface area (Å²) in [6.45, 7) is 8.72. The average molecular weight is 734 g/mol. The van der Waals surface area contributed by atoms with E-state index in [1.807, 2.05) is 36.7 Å². The number of rotatable bonds is 2. The summed E-state index contributed by atoms with van der Waals surface area (Å²) in [5, 5.41) is 6.13. The number of hydrogen-bond acceptors (Lipinski definition) is 2. The molecule has 0 unspecified atom stereocenters. The molecule has 0 aliphatic heterocycles. The molecule has 0 amide bonds. The maximum absolute atomic E-state index is 4.76. The Morgan fingerprint density at radius 2 is 1.47 bits per heavy atom. The van der Waals surface area contributed by atoms with Gasteiger partial charge < -0.3 is 14.5 Å². The molecule has 3 aromatic heterocycles. The molecule has 0 bridgehead atoms. The maximum Gasteiger partial charge on any atom is 0.0531 e. The number of fused-ring (bicyclic) bond motifs is 3. The van der Waals surface area contributed by atoms with Crippen LogP contribution in [0.1, 0.15) is 31.9 Å². The first-order valence-electron chi connectivity index (χ1n) is 14.3. The molecule has 8 rings (SSSR count). The minimum Gasteiger partial charge on any atom is -0.310 e. The van der Waals surface area contributed by atoms with Crippen molar-refractivity contribution in [1.82, 2.24) is 14.5 Å². The van der Waals surface area contributed by atoms with Crippen LogP contribution < -0.4 is 0 Å². The second-order valence-corrected chi connectivity index (χ2v) is 11.8. The largest absolute Gasteiger partial charge is 0.310 e. The fraction of sp³-hybridized carbons (Fsp3) is 0.128. The second kappa shape index (κ2) is 11.4. The van der Waals surface area contributed by atoms with Gasteiger partial charge in [0.25, 0.3) is 0 Å². The summed E-state index contributed by atoms with van der Waals surface area (Å²) in [5.41, 5.74) is 9.28. The molecule has 0 atom stereocenters. The Bertz CT molecular complexity index is 2180. The summed E-state index contributed by atoms with van der Waals surface area (Å²) < 4.78 is 2.35. The van der Waals surface area contributed by atoms with Crippen LogP contribution in [0.5, 0.6) is 0 Å². The van der Waals surface area contributed by atoms with Gasteiger partial charge >= 0.3 is 0 Å². The Morgan fingerprint density at radius 3 is 2.23 bits per heavy atom. The topological polar surface area (TPSA) is 30.7 Å². The molecule has 3 nitrogen and oxygen atoms in total. The van der Waals surface area contributed by atoms with Crippen LogP contribution >= 0.6 is 0 Å². The van der Waals surface area contributed by atoms with Gasteiger partial charge in [-0.2, -0.15) is 0 Å². The third-order valence-electron chi connectivity index (χ3n) is 7.95. The Kier molecular flexibility index (Phi) is 7.60. The Balaban J connectivity index is 0.000000168. The molecule has 0 saturated heterocycles. The normalized spacial score (nSPS) is 11.5. The molecule has 1 radical (unpaired) electrons. The zero-order chi connectivity index (χ0) is 28.8. The predicted molar refractivity (Wildman–Crippen MR) is 176 cm³/mol. The summed E-state index contributed by atoms with van der Waals surface area (Å²) in [6, 6.07) is 42.5. The van der Waals surface area contributed by atoms with Crippen LogP contribution in [0.25, 0.3) is 60.4 Å². The summed E-state index contributed by atoms with van der Waals surface area (Å²) in [6.07, 6.45) is 3.79. The van der Waals surface area contributed by atoms with Crippen molar-refractivity contribution in [2.24, 2.45) is 0 Å². The van der Waals surface area contributed by atoms with Crippen LogP contribution in [0.4, 0.5) is 0 Å². The minimum atomic E-state index is 0. The van der Waals surface area contributed by atoms with Gasteiger partial charge in [0.1, 0.15) is 0 Å². The van der Waals surface area contributed by atoms with Crippen LogP contribution in [-0.4, -0.2) is 14.5 Å². The Labute approximate surface area is 265 Å². The molecule has 0 N–H and O–H groups in total. The Morgan fingerprint density at radius 1 is 0.698 bits per heavy atom. The van der Waals surface area contributed by atoms with E-state index < -0.39 is 0 Å². The number of hydrogen-bond donors (Lipinski definition) is 0. The van der Waals surface area contributed by atoms with Crippen molar-refractivity contribution >= 4 is 43.5 Å². The van der Waals surface area contributed by atoms with Crippen LogP contribution in [0.15, 0.2) is 116 Å². The van der Waals surface area contributed by atoms with E-state index in [4.69, 9.17) is 4.98 Å². The molecule has 3 heterocycles. The van der Waals surface area contributed by atoms with Gasteiger partial charge in [0, 0.05) is 43.7 Å². The zero-order valence-corrected chi connectivity index (χ0v) is 27.0. The molecule has 0 saturated carbocycles. The number of nitrogens with zero attached hydrogens (tertiary/aromatic N) is 3. The van der Waals surface area contributed by atoms with Gasteiger partial charge in [-0.3, -0.25) is 0 Å². The summed E-state index contributed by atoms with van der Waals surface area (Å²) in [4.78, 5) is 9.16. The van der Waals surface area contributed by atoms with E-state index in [2.05, 4.69) is 128 Å². The smallest absolute Gasteiger partial charge is 0.0531 e. The van der Waals surface area contributed by atoms with Crippen molar-refractivity contribution in [1.29, 1.82) is 0 Å². The van der Waals surface area contributed by atoms with E-state index in [9.17, 15) is 0 Å². The van der Waals surface area contributed by atoms with Crippen molar-refractivity contribution in [3.63, 3.8) is 0 Å². The SMILES string of the molecule is CC(C)(C)c1ccnc(-c2[c-]cccc2)c1.Cc1[c-]c2c(cc1)c1cccc3c1c1c2nccc1n3-c1ccccc1.[Ir]. The van der Waals surface area contributed by atoms with Crippen LogP contribution in [0.3, 0.4) is 0 Å². The van der Waals surface area contributed by atoms with E-state index in [1.54, 1.807) is 0 Å². The van der Waals surface area contributed by atoms with Gasteiger partial charge in [-0.25, -0.2) is 0 Å². The van der Waals surface area contributed by atoms with Gasteiger partial charge in [-0.1, -0.05) is 74.9 Å². The van der Waals surface area contributed by atoms with Crippen molar-refractivity contribution < 1.29 is 20.1 Å². The van der Waals surface area contributed by atoms with E-state index >= 15 is 0 Å². The monoisotopic (exact) mass is 734 g/mol. The van der Waals surface area contributed by atoms with E-state index in [0.717, 1.165) is 27.7 Å². The Hall–Kier alpha value is -4.37. The fourth-order valence-electron chi connectivity index (χ4n) is 5.88. The van der Waals surface area contributed by atoms with Crippen molar-refractivity contribution in [2.75, 3.05) is 0 Å². The molecule has 8 aromatic rings. The third kappa shape index (κ3) is 5.12. The summed E-state index contributed by atoms with van der Waals surface area (Å²) in [7, 11) is 0. The molecular formula is C39H31IrN3-2. The number of aromatic nitrogens is 3. The molecule has 0 spiro atoms. The zero-order valence-electron chi connectivity index (χ0n) is 24.6. The number of aryl methyl sites for hydroxylation is 1. The molecule has 4 heteroatoms. The molecule has 0 aliphatic carbocycles. The van der Waals surface area contributed by atoms with Gasteiger partial charge in [0.2, 0.25) is 0 Å². The molecule has 213 valence electrons.